The predicted molar refractivity (Wildman–Crippen MR) is 445 cm³/mol. The Morgan fingerprint density at radius 3 is 1.06 bits per heavy atom. The number of likely N-dealkylation sites (N-methyl/N-ethyl adjacent to an activating group) is 1. The van der Waals surface area contributed by atoms with Gasteiger partial charge in [0.1, 0.15) is 39.1 Å². The van der Waals surface area contributed by atoms with Gasteiger partial charge in [-0.3, -0.25) is 43.2 Å². The van der Waals surface area contributed by atoms with E-state index in [0.717, 1.165) is 83.5 Å². The number of amides is 2. The van der Waals surface area contributed by atoms with E-state index in [4.69, 9.17) is 67.4 Å². The molecule has 0 heterocycles. The molecule has 30 heteroatoms. The fraction of sp³-hybridized carbons (Fsp3) is 0.782. The highest BCUT2D eigenvalue weighted by atomic mass is 16.6. The lowest BCUT2D eigenvalue weighted by molar-refractivity contribution is -0.158. The van der Waals surface area contributed by atoms with Crippen molar-refractivity contribution in [3.63, 3.8) is 0 Å². The molecule has 0 radical (unpaired) electrons. The van der Waals surface area contributed by atoms with Crippen LogP contribution in [0, 0.1) is 32.5 Å². The third-order valence-electron chi connectivity index (χ3n) is 19.1. The van der Waals surface area contributed by atoms with Crippen LogP contribution in [0.5, 0.6) is 0 Å². The normalized spacial score (nSPS) is 11.4. The van der Waals surface area contributed by atoms with Crippen LogP contribution in [0.25, 0.3) is 0 Å². The monoisotopic (exact) mass is 1680 g/mol. The Kier molecular flexibility index (Phi) is 69.0. The first-order valence-corrected chi connectivity index (χ1v) is 41.9. The standard InChI is InChI=1S/C21H39NO6.C19H35NO6.C19H36O6.C16H20O6.2C6H12O2/c1-6-9-15-26-18(23)13-11-10-12-16-28-20(25)22(8-3)14-17-27-19(24)21(4,5)7-2;1-5-7-13-24-16(21)11-9-8-10-14-26-18(23)20-12-15-25-17(22)19(3,4)6-2;1-5-7-13-24-17(21)11-9-8-10-12-23-14-16(20)15-25-18(22)19(3,4)6-2;1-4-16(2,3)15(20)22-10-9-21-14(19)12-8-6-5-7-11(12)13(17)18;2*1-4-6(2,3)5(7)8/h6-17H2,1-5H3;5-15H2,1-4H3,(H,20,23);16,20H,5-15H2,1-4H3;5-8H,4,9-10H2,1-3H3,(H,17,18);2*4H2,1-3H3,(H,7,8). The fourth-order valence-electron chi connectivity index (χ4n) is 7.64. The van der Waals surface area contributed by atoms with Crippen molar-refractivity contribution in [2.24, 2.45) is 32.5 Å². The van der Waals surface area contributed by atoms with Crippen LogP contribution in [0.2, 0.25) is 0 Å². The minimum atomic E-state index is -1.20. The Labute approximate surface area is 699 Å². The average Bonchev–Trinajstić information content (AvgIpc) is 0.854. The van der Waals surface area contributed by atoms with Crippen LogP contribution in [-0.2, 0) is 95.3 Å². The Morgan fingerprint density at radius 1 is 0.359 bits per heavy atom. The molecule has 0 aliphatic carbocycles. The van der Waals surface area contributed by atoms with Gasteiger partial charge < -0.3 is 82.7 Å². The minimum absolute atomic E-state index is 0.0322. The number of carboxylic acids is 3. The highest BCUT2D eigenvalue weighted by Gasteiger charge is 2.31. The van der Waals surface area contributed by atoms with E-state index < -0.39 is 74.7 Å². The lowest BCUT2D eigenvalue weighted by Gasteiger charge is -2.23. The topological polar surface area (TPSA) is 420 Å². The zero-order valence-corrected chi connectivity index (χ0v) is 75.5. The van der Waals surface area contributed by atoms with Crippen LogP contribution in [0.1, 0.15) is 327 Å². The number of aliphatic hydroxyl groups excluding tert-OH is 1. The largest absolute Gasteiger partial charge is 0.481 e. The number of unbranched alkanes of at least 4 members (excludes halogenated alkanes) is 9. The number of carboxylic acid groups (broad SMARTS) is 3. The van der Waals surface area contributed by atoms with Crippen molar-refractivity contribution in [1.82, 2.24) is 10.2 Å². The van der Waals surface area contributed by atoms with Gasteiger partial charge in [0.2, 0.25) is 0 Å². The maximum Gasteiger partial charge on any atom is 0.409 e. The third-order valence-corrected chi connectivity index (χ3v) is 19.1. The highest BCUT2D eigenvalue weighted by Crippen LogP contribution is 2.25. The first kappa shape index (κ1) is 117. The van der Waals surface area contributed by atoms with Crippen LogP contribution < -0.4 is 5.32 Å². The summed E-state index contributed by atoms with van der Waals surface area (Å²) < 4.78 is 56.3. The van der Waals surface area contributed by atoms with E-state index in [9.17, 15) is 67.4 Å². The van der Waals surface area contributed by atoms with Crippen molar-refractivity contribution in [2.75, 3.05) is 98.9 Å². The summed E-state index contributed by atoms with van der Waals surface area (Å²) in [5.41, 5.74) is -3.38. The summed E-state index contributed by atoms with van der Waals surface area (Å²) in [6.45, 7) is 44.6. The number of benzene rings is 1. The number of nitrogens with one attached hydrogen (secondary N) is 1. The predicted octanol–water partition coefficient (Wildman–Crippen LogP) is 16.7. The molecular weight excluding hydrogens is 1520 g/mol. The number of ether oxygens (including phenoxy) is 11. The number of carbonyl (C=O) groups is 13. The van der Waals surface area contributed by atoms with Gasteiger partial charge in [0.25, 0.3) is 0 Å². The molecule has 0 aliphatic heterocycles. The van der Waals surface area contributed by atoms with Crippen molar-refractivity contribution in [2.45, 2.75) is 313 Å². The molecule has 1 atom stereocenters. The van der Waals surface area contributed by atoms with Gasteiger partial charge in [-0.2, -0.15) is 0 Å². The molecule has 680 valence electrons. The van der Waals surface area contributed by atoms with Crippen molar-refractivity contribution in [3.8, 4) is 0 Å². The molecule has 0 aliphatic rings. The summed E-state index contributed by atoms with van der Waals surface area (Å²) in [5.74, 6) is -5.08. The quantitative estimate of drug-likeness (QED) is 0.0230. The zero-order chi connectivity index (χ0) is 90.7. The first-order valence-electron chi connectivity index (χ1n) is 41.9. The van der Waals surface area contributed by atoms with Crippen LogP contribution in [0.3, 0.4) is 0 Å². The van der Waals surface area contributed by atoms with E-state index in [2.05, 4.69) is 19.2 Å². The Hall–Kier alpha value is -8.15. The van der Waals surface area contributed by atoms with Crippen molar-refractivity contribution >= 4 is 77.8 Å². The van der Waals surface area contributed by atoms with Gasteiger partial charge in [0.05, 0.1) is 96.3 Å². The van der Waals surface area contributed by atoms with Gasteiger partial charge in [0.15, 0.2) is 0 Å². The third kappa shape index (κ3) is 62.7. The zero-order valence-electron chi connectivity index (χ0n) is 75.5. The molecule has 1 aromatic carbocycles. The van der Waals surface area contributed by atoms with Gasteiger partial charge >= 0.3 is 77.8 Å². The second-order valence-electron chi connectivity index (χ2n) is 31.7. The summed E-state index contributed by atoms with van der Waals surface area (Å²) in [6, 6.07) is 5.77. The molecule has 30 nitrogen and oxygen atoms in total. The number of hydrogen-bond donors (Lipinski definition) is 5. The molecule has 0 saturated carbocycles. The van der Waals surface area contributed by atoms with Gasteiger partial charge in [-0.25, -0.2) is 19.2 Å². The van der Waals surface area contributed by atoms with E-state index in [1.54, 1.807) is 47.6 Å². The smallest absolute Gasteiger partial charge is 0.409 e. The van der Waals surface area contributed by atoms with Crippen LogP contribution >= 0.6 is 0 Å². The number of aliphatic hydroxyl groups is 1. The highest BCUT2D eigenvalue weighted by molar-refractivity contribution is 6.02. The Balaban J connectivity index is -0.000000448. The second kappa shape index (κ2) is 68.7. The first-order chi connectivity index (χ1) is 54.7. The summed E-state index contributed by atoms with van der Waals surface area (Å²) in [6.07, 6.45) is 16.2. The maximum absolute atomic E-state index is 12.1. The molecule has 1 aromatic rings. The number of aromatic carboxylic acids is 1. The lowest BCUT2D eigenvalue weighted by atomic mass is 9.91. The molecule has 0 aromatic heterocycles. The summed E-state index contributed by atoms with van der Waals surface area (Å²) in [7, 11) is 0. The van der Waals surface area contributed by atoms with Crippen LogP contribution in [0.15, 0.2) is 24.3 Å². The molecule has 2 amide bonds. The number of nitrogens with zero attached hydrogens (tertiary/aromatic N) is 1. The minimum Gasteiger partial charge on any atom is -0.481 e. The van der Waals surface area contributed by atoms with E-state index in [1.807, 2.05) is 96.9 Å². The average molecular weight is 1680 g/mol. The second-order valence-corrected chi connectivity index (χ2v) is 31.7. The summed E-state index contributed by atoms with van der Waals surface area (Å²) in [4.78, 5) is 150. The lowest BCUT2D eigenvalue weighted by Crippen LogP contribution is -2.36. The van der Waals surface area contributed by atoms with Crippen LogP contribution in [-0.4, -0.2) is 208 Å². The van der Waals surface area contributed by atoms with E-state index >= 15 is 0 Å². The summed E-state index contributed by atoms with van der Waals surface area (Å²) in [5, 5.41) is 38.2. The molecule has 0 saturated heterocycles. The van der Waals surface area contributed by atoms with Gasteiger partial charge in [-0.05, 0) is 211 Å². The summed E-state index contributed by atoms with van der Waals surface area (Å²) >= 11 is 0. The Morgan fingerprint density at radius 2 is 0.701 bits per heavy atom. The van der Waals surface area contributed by atoms with Crippen molar-refractivity contribution < 1.29 is 135 Å². The number of hydrogen-bond acceptors (Lipinski definition) is 25. The van der Waals surface area contributed by atoms with Crippen LogP contribution in [0.4, 0.5) is 9.59 Å². The molecule has 5 N–H and O–H groups in total. The molecular formula is C87H154N2O28. The van der Waals surface area contributed by atoms with E-state index in [1.165, 1.54) is 23.1 Å². The van der Waals surface area contributed by atoms with E-state index in [0.29, 0.717) is 123 Å². The number of aliphatic carboxylic acids is 2. The fourth-order valence-corrected chi connectivity index (χ4v) is 7.64. The molecule has 1 unspecified atom stereocenters. The molecule has 1 rings (SSSR count). The molecule has 0 spiro atoms. The number of esters is 8. The van der Waals surface area contributed by atoms with Crippen molar-refractivity contribution in [3.05, 3.63) is 35.4 Å². The number of rotatable bonds is 55. The Bertz CT molecular complexity index is 2910. The maximum atomic E-state index is 12.1. The number of carbonyl (C=O) groups excluding carboxylic acids is 10. The molecule has 0 fully saturated rings. The van der Waals surface area contributed by atoms with Gasteiger partial charge in [-0.15, -0.1) is 0 Å². The number of alkyl carbamates (subject to hydrolysis) is 1. The van der Waals surface area contributed by atoms with Gasteiger partial charge in [0, 0.05) is 32.4 Å². The van der Waals surface area contributed by atoms with E-state index in [-0.39, 0.29) is 99.1 Å². The van der Waals surface area contributed by atoms with Gasteiger partial charge in [-0.1, -0.05) is 100 Å². The van der Waals surface area contributed by atoms with Crippen molar-refractivity contribution in [1.29, 1.82) is 0 Å². The molecule has 117 heavy (non-hydrogen) atoms. The SMILES string of the molecule is CCC(C)(C)C(=O)O.CCC(C)(C)C(=O)O.CCC(C)(C)C(=O)OCCOC(=O)c1ccccc1C(=O)O.CCCCOC(=O)CCCCCOC(=O)N(CC)CCOC(=O)C(C)(C)CC.CCCCOC(=O)CCCCCOC(=O)NCCOC(=O)C(C)(C)CC.CCCCOC(=O)CCCCCOCC(O)COC(=O)C(C)(C)CC. The molecule has 0 bridgehead atoms.